The highest BCUT2D eigenvalue weighted by atomic mass is 35.5. The van der Waals surface area contributed by atoms with Crippen LogP contribution in [-0.2, 0) is 4.79 Å². The van der Waals surface area contributed by atoms with Crippen molar-refractivity contribution in [2.45, 2.75) is 17.1 Å². The lowest BCUT2D eigenvalue weighted by atomic mass is 10.3. The van der Waals surface area contributed by atoms with Gasteiger partial charge in [0.15, 0.2) is 0 Å². The lowest BCUT2D eigenvalue weighted by Crippen LogP contribution is -2.19. The van der Waals surface area contributed by atoms with Crippen LogP contribution in [0.4, 0.5) is 14.5 Å². The molecule has 0 heterocycles. The Morgan fingerprint density at radius 1 is 1.47 bits per heavy atom. The predicted octanol–water partition coefficient (Wildman–Crippen LogP) is 3.62. The molecule has 108 valence electrons. The molecule has 0 radical (unpaired) electrons. The van der Waals surface area contributed by atoms with Crippen molar-refractivity contribution in [1.29, 1.82) is 0 Å². The number of hydrogen-bond donors (Lipinski definition) is 2. The Kier molecular flexibility index (Phi) is 9.08. The Morgan fingerprint density at radius 2 is 2.16 bits per heavy atom. The van der Waals surface area contributed by atoms with E-state index in [4.69, 9.17) is 11.6 Å². The molecule has 0 fully saturated rings. The standard InChI is InChI=1S/C11H13ClF2N2OS.ClH/c1-15-6-5-9(17)16-8-4-2-3-7(12)10(8)18-11(13)14;/h2-4,11,15H,5-6H2,1H3,(H,16,17);1H. The molecule has 0 saturated heterocycles. The summed E-state index contributed by atoms with van der Waals surface area (Å²) in [5, 5.41) is 5.61. The van der Waals surface area contributed by atoms with Crippen molar-refractivity contribution < 1.29 is 13.6 Å². The van der Waals surface area contributed by atoms with Crippen molar-refractivity contribution in [3.05, 3.63) is 23.2 Å². The number of carbonyl (C=O) groups excluding carboxylic acids is 1. The van der Waals surface area contributed by atoms with Crippen molar-refractivity contribution >= 4 is 47.4 Å². The van der Waals surface area contributed by atoms with E-state index in [0.717, 1.165) is 0 Å². The van der Waals surface area contributed by atoms with Crippen LogP contribution >= 0.6 is 35.8 Å². The zero-order chi connectivity index (χ0) is 13.5. The molecule has 0 aliphatic heterocycles. The Morgan fingerprint density at radius 3 is 2.74 bits per heavy atom. The lowest BCUT2D eigenvalue weighted by Gasteiger charge is -2.11. The van der Waals surface area contributed by atoms with Crippen molar-refractivity contribution in [3.8, 4) is 0 Å². The summed E-state index contributed by atoms with van der Waals surface area (Å²) < 4.78 is 24.8. The molecule has 0 aliphatic carbocycles. The predicted molar refractivity (Wildman–Crippen MR) is 77.7 cm³/mol. The number of anilines is 1. The number of amides is 1. The number of rotatable bonds is 6. The van der Waals surface area contributed by atoms with Crippen molar-refractivity contribution in [3.63, 3.8) is 0 Å². The van der Waals surface area contributed by atoms with Crippen LogP contribution in [0.2, 0.25) is 5.02 Å². The fourth-order valence-corrected chi connectivity index (χ4v) is 2.18. The highest BCUT2D eigenvalue weighted by Gasteiger charge is 2.15. The SMILES string of the molecule is CNCCC(=O)Nc1cccc(Cl)c1SC(F)F.Cl. The molecular formula is C11H14Cl2F2N2OS. The van der Waals surface area contributed by atoms with Gasteiger partial charge in [-0.25, -0.2) is 0 Å². The minimum atomic E-state index is -2.59. The van der Waals surface area contributed by atoms with Crippen LogP contribution in [0.15, 0.2) is 23.1 Å². The molecule has 8 heteroatoms. The molecule has 3 nitrogen and oxygen atoms in total. The zero-order valence-electron chi connectivity index (χ0n) is 10.1. The van der Waals surface area contributed by atoms with Crippen molar-refractivity contribution in [2.24, 2.45) is 0 Å². The highest BCUT2D eigenvalue weighted by Crippen LogP contribution is 2.37. The minimum absolute atomic E-state index is 0. The first kappa shape index (κ1) is 18.4. The molecule has 0 saturated carbocycles. The first-order valence-corrected chi connectivity index (χ1v) is 6.48. The summed E-state index contributed by atoms with van der Waals surface area (Å²) in [7, 11) is 1.73. The first-order valence-electron chi connectivity index (χ1n) is 5.22. The van der Waals surface area contributed by atoms with Gasteiger partial charge in [0.1, 0.15) is 0 Å². The molecule has 0 bridgehead atoms. The summed E-state index contributed by atoms with van der Waals surface area (Å²) >= 11 is 6.17. The van der Waals surface area contributed by atoms with Gasteiger partial charge >= 0.3 is 0 Å². The molecule has 1 rings (SSSR count). The van der Waals surface area contributed by atoms with E-state index in [1.165, 1.54) is 6.07 Å². The van der Waals surface area contributed by atoms with Crippen LogP contribution in [0.5, 0.6) is 0 Å². The number of thioether (sulfide) groups is 1. The number of alkyl halides is 2. The number of carbonyl (C=O) groups is 1. The van der Waals surface area contributed by atoms with Gasteiger partial charge in [-0.15, -0.1) is 12.4 Å². The first-order chi connectivity index (χ1) is 8.54. The van der Waals surface area contributed by atoms with Crippen molar-refractivity contribution in [1.82, 2.24) is 5.32 Å². The molecule has 0 unspecified atom stereocenters. The van der Waals surface area contributed by atoms with E-state index < -0.39 is 5.76 Å². The fourth-order valence-electron chi connectivity index (χ4n) is 1.27. The summed E-state index contributed by atoms with van der Waals surface area (Å²) in [4.78, 5) is 11.7. The van der Waals surface area contributed by atoms with E-state index in [9.17, 15) is 13.6 Å². The molecule has 0 aromatic heterocycles. The Hall–Kier alpha value is -0.560. The van der Waals surface area contributed by atoms with E-state index in [1.54, 1.807) is 19.2 Å². The van der Waals surface area contributed by atoms with E-state index in [1.807, 2.05) is 0 Å². The molecule has 0 atom stereocenters. The maximum Gasteiger partial charge on any atom is 0.289 e. The molecule has 0 aliphatic rings. The van der Waals surface area contributed by atoms with Gasteiger partial charge in [0.25, 0.3) is 5.76 Å². The monoisotopic (exact) mass is 330 g/mol. The normalized spacial score (nSPS) is 10.2. The zero-order valence-corrected chi connectivity index (χ0v) is 12.5. The Bertz CT molecular complexity index is 422. The fraction of sp³-hybridized carbons (Fsp3) is 0.364. The molecule has 0 spiro atoms. The van der Waals surface area contributed by atoms with Crippen LogP contribution in [0, 0.1) is 0 Å². The van der Waals surface area contributed by atoms with E-state index in [2.05, 4.69) is 10.6 Å². The van der Waals surface area contributed by atoms with Gasteiger partial charge < -0.3 is 10.6 Å². The van der Waals surface area contributed by atoms with Crippen molar-refractivity contribution in [2.75, 3.05) is 18.9 Å². The van der Waals surface area contributed by atoms with Crippen LogP contribution in [0.3, 0.4) is 0 Å². The maximum absolute atomic E-state index is 12.4. The summed E-state index contributed by atoms with van der Waals surface area (Å²) in [6, 6.07) is 4.66. The van der Waals surface area contributed by atoms with E-state index >= 15 is 0 Å². The largest absolute Gasteiger partial charge is 0.325 e. The van der Waals surface area contributed by atoms with Crippen LogP contribution in [-0.4, -0.2) is 25.3 Å². The quantitative estimate of drug-likeness (QED) is 0.782. The smallest absolute Gasteiger partial charge is 0.289 e. The van der Waals surface area contributed by atoms with Gasteiger partial charge in [-0.1, -0.05) is 29.4 Å². The molecule has 1 amide bonds. The van der Waals surface area contributed by atoms with Gasteiger partial charge in [-0.05, 0) is 19.2 Å². The third-order valence-electron chi connectivity index (χ3n) is 2.05. The topological polar surface area (TPSA) is 41.1 Å². The van der Waals surface area contributed by atoms with E-state index in [0.29, 0.717) is 24.0 Å². The lowest BCUT2D eigenvalue weighted by molar-refractivity contribution is -0.116. The second-order valence-electron chi connectivity index (χ2n) is 3.40. The number of hydrogen-bond acceptors (Lipinski definition) is 3. The highest BCUT2D eigenvalue weighted by molar-refractivity contribution is 7.99. The molecule has 1 aromatic carbocycles. The van der Waals surface area contributed by atoms with Gasteiger partial charge in [0, 0.05) is 13.0 Å². The number of benzene rings is 1. The average Bonchev–Trinajstić information content (AvgIpc) is 2.30. The maximum atomic E-state index is 12.4. The van der Waals surface area contributed by atoms with Gasteiger partial charge in [0.05, 0.1) is 15.6 Å². The van der Waals surface area contributed by atoms with Crippen LogP contribution < -0.4 is 10.6 Å². The number of nitrogens with one attached hydrogen (secondary N) is 2. The van der Waals surface area contributed by atoms with Crippen LogP contribution in [0.25, 0.3) is 0 Å². The number of halogens is 4. The molecule has 2 N–H and O–H groups in total. The van der Waals surface area contributed by atoms with Gasteiger partial charge in [-0.3, -0.25) is 4.79 Å². The summed E-state index contributed by atoms with van der Waals surface area (Å²) in [5.74, 6) is -2.83. The van der Waals surface area contributed by atoms with Gasteiger partial charge in [0.2, 0.25) is 5.91 Å². The van der Waals surface area contributed by atoms with Gasteiger partial charge in [-0.2, -0.15) is 8.78 Å². The summed E-state index contributed by atoms with van der Waals surface area (Å²) in [6.45, 7) is 0.518. The summed E-state index contributed by atoms with van der Waals surface area (Å²) in [6.07, 6.45) is 0.266. The molecular weight excluding hydrogens is 317 g/mol. The van der Waals surface area contributed by atoms with Crippen LogP contribution in [0.1, 0.15) is 6.42 Å². The Balaban J connectivity index is 0.00000324. The van der Waals surface area contributed by atoms with E-state index in [-0.39, 0.29) is 34.7 Å². The molecule has 1 aromatic rings. The summed E-state index contributed by atoms with van der Waals surface area (Å²) in [5.41, 5.74) is 0.314. The second-order valence-corrected chi connectivity index (χ2v) is 4.80. The average molecular weight is 331 g/mol. The third-order valence-corrected chi connectivity index (χ3v) is 3.33. The second kappa shape index (κ2) is 9.36. The third kappa shape index (κ3) is 6.42. The Labute approximate surface area is 125 Å². The molecule has 19 heavy (non-hydrogen) atoms. The minimum Gasteiger partial charge on any atom is -0.325 e.